The number of hydrogen-bond acceptors (Lipinski definition) is 2. The molecule has 2 rings (SSSR count). The topological polar surface area (TPSA) is 46.2 Å². The summed E-state index contributed by atoms with van der Waals surface area (Å²) in [7, 11) is -3.48. The van der Waals surface area contributed by atoms with Crippen LogP contribution in [0.4, 0.5) is 0 Å². The lowest BCUT2D eigenvalue weighted by molar-refractivity contribution is 0.581. The molecule has 6 heteroatoms. The molecule has 0 aliphatic heterocycles. The molecule has 0 aromatic heterocycles. The van der Waals surface area contributed by atoms with Crippen LogP contribution in [0.5, 0.6) is 0 Å². The fraction of sp³-hybridized carbons (Fsp3) is 0.0769. The van der Waals surface area contributed by atoms with Gasteiger partial charge in [0.05, 0.1) is 4.90 Å². The minimum absolute atomic E-state index is 0.249. The molecule has 0 radical (unpaired) electrons. The summed E-state index contributed by atoms with van der Waals surface area (Å²) in [5.41, 5.74) is 0.904. The predicted molar refractivity (Wildman–Crippen MR) is 82.3 cm³/mol. The molecule has 0 saturated heterocycles. The Morgan fingerprint density at radius 3 is 2.26 bits per heavy atom. The fourth-order valence-electron chi connectivity index (χ4n) is 1.50. The van der Waals surface area contributed by atoms with Crippen LogP contribution in [0.1, 0.15) is 5.56 Å². The molecule has 1 N–H and O–H groups in total. The molecular weight excluding hydrogens is 394 g/mol. The molecule has 0 bridgehead atoms. The van der Waals surface area contributed by atoms with Crippen molar-refractivity contribution < 1.29 is 8.42 Å². The third kappa shape index (κ3) is 4.14. The van der Waals surface area contributed by atoms with Crippen molar-refractivity contribution in [1.29, 1.82) is 0 Å². The van der Waals surface area contributed by atoms with Gasteiger partial charge in [-0.15, -0.1) is 0 Å². The van der Waals surface area contributed by atoms with Gasteiger partial charge < -0.3 is 0 Å². The lowest BCUT2D eigenvalue weighted by Crippen LogP contribution is -2.23. The van der Waals surface area contributed by atoms with Gasteiger partial charge in [0, 0.05) is 15.5 Å². The van der Waals surface area contributed by atoms with Gasteiger partial charge in [0.2, 0.25) is 10.0 Å². The molecule has 0 aliphatic carbocycles. The van der Waals surface area contributed by atoms with Gasteiger partial charge in [-0.2, -0.15) is 0 Å². The van der Waals surface area contributed by atoms with Crippen LogP contribution in [0.15, 0.2) is 62.4 Å². The van der Waals surface area contributed by atoms with Crippen LogP contribution in [0, 0.1) is 0 Å². The summed E-state index contributed by atoms with van der Waals surface area (Å²) < 4.78 is 28.4. The lowest BCUT2D eigenvalue weighted by Gasteiger charge is -2.07. The molecule has 2 aromatic carbocycles. The Kier molecular flexibility index (Phi) is 4.78. The highest BCUT2D eigenvalue weighted by Gasteiger charge is 2.13. The van der Waals surface area contributed by atoms with Gasteiger partial charge in [0.1, 0.15) is 0 Å². The number of benzene rings is 2. The van der Waals surface area contributed by atoms with Crippen molar-refractivity contribution in [1.82, 2.24) is 4.72 Å². The first-order chi connectivity index (χ1) is 8.97. The molecule has 0 atom stereocenters. The van der Waals surface area contributed by atoms with Crippen LogP contribution in [-0.2, 0) is 16.6 Å². The number of hydrogen-bond donors (Lipinski definition) is 1. The first-order valence-corrected chi connectivity index (χ1v) is 8.54. The number of nitrogens with one attached hydrogen (secondary N) is 1. The van der Waals surface area contributed by atoms with Crippen molar-refractivity contribution >= 4 is 41.9 Å². The Labute approximate surface area is 129 Å². The highest BCUT2D eigenvalue weighted by molar-refractivity contribution is 9.10. The molecule has 100 valence electrons. The molecular formula is C13H11Br2NO2S. The third-order valence-electron chi connectivity index (χ3n) is 2.49. The summed E-state index contributed by atoms with van der Waals surface area (Å²) >= 11 is 6.60. The minimum atomic E-state index is -3.48. The molecule has 19 heavy (non-hydrogen) atoms. The molecule has 0 amide bonds. The maximum atomic E-state index is 12.1. The van der Waals surface area contributed by atoms with E-state index in [1.807, 2.05) is 24.3 Å². The van der Waals surface area contributed by atoms with Crippen molar-refractivity contribution in [3.8, 4) is 0 Å². The van der Waals surface area contributed by atoms with Crippen molar-refractivity contribution in [3.05, 3.63) is 63.0 Å². The van der Waals surface area contributed by atoms with E-state index in [4.69, 9.17) is 0 Å². The number of halogens is 2. The average molecular weight is 405 g/mol. The largest absolute Gasteiger partial charge is 0.240 e. The van der Waals surface area contributed by atoms with Crippen LogP contribution >= 0.6 is 31.9 Å². The van der Waals surface area contributed by atoms with E-state index in [0.29, 0.717) is 0 Å². The predicted octanol–water partition coefficient (Wildman–Crippen LogP) is 3.69. The van der Waals surface area contributed by atoms with E-state index in [-0.39, 0.29) is 11.4 Å². The molecule has 0 aliphatic rings. The standard InChI is InChI=1S/C13H11Br2NO2S/c14-11-6-4-10(5-7-11)9-16-19(17,18)13-3-1-2-12(15)8-13/h1-8,16H,9H2. The summed E-state index contributed by atoms with van der Waals surface area (Å²) in [5, 5.41) is 0. The molecule has 0 heterocycles. The van der Waals surface area contributed by atoms with Gasteiger partial charge >= 0.3 is 0 Å². The maximum absolute atomic E-state index is 12.1. The zero-order chi connectivity index (χ0) is 13.9. The summed E-state index contributed by atoms with van der Waals surface area (Å²) in [6, 6.07) is 14.1. The second-order valence-electron chi connectivity index (χ2n) is 3.91. The van der Waals surface area contributed by atoms with Crippen LogP contribution in [0.2, 0.25) is 0 Å². The van der Waals surface area contributed by atoms with Gasteiger partial charge in [0.15, 0.2) is 0 Å². The Morgan fingerprint density at radius 2 is 1.63 bits per heavy atom. The molecule has 0 unspecified atom stereocenters. The Bertz CT molecular complexity index is 669. The average Bonchev–Trinajstić information content (AvgIpc) is 2.38. The zero-order valence-electron chi connectivity index (χ0n) is 9.81. The van der Waals surface area contributed by atoms with Crippen LogP contribution in [0.25, 0.3) is 0 Å². The second kappa shape index (κ2) is 6.17. The summed E-state index contributed by atoms with van der Waals surface area (Å²) in [5.74, 6) is 0. The van der Waals surface area contributed by atoms with E-state index in [2.05, 4.69) is 36.6 Å². The SMILES string of the molecule is O=S(=O)(NCc1ccc(Br)cc1)c1cccc(Br)c1. The fourth-order valence-corrected chi connectivity index (χ4v) is 3.38. The molecule has 0 spiro atoms. The van der Waals surface area contributed by atoms with E-state index in [9.17, 15) is 8.42 Å². The molecule has 3 nitrogen and oxygen atoms in total. The van der Waals surface area contributed by atoms with E-state index in [1.54, 1.807) is 24.3 Å². The Hall–Kier alpha value is -0.690. The van der Waals surface area contributed by atoms with Gasteiger partial charge in [-0.3, -0.25) is 0 Å². The molecule has 0 saturated carbocycles. The van der Waals surface area contributed by atoms with Crippen LogP contribution in [-0.4, -0.2) is 8.42 Å². The summed E-state index contributed by atoms with van der Waals surface area (Å²) in [4.78, 5) is 0.249. The van der Waals surface area contributed by atoms with Gasteiger partial charge in [-0.05, 0) is 35.9 Å². The van der Waals surface area contributed by atoms with Gasteiger partial charge in [-0.1, -0.05) is 50.1 Å². The van der Waals surface area contributed by atoms with Crippen molar-refractivity contribution in [2.24, 2.45) is 0 Å². The van der Waals surface area contributed by atoms with Gasteiger partial charge in [0.25, 0.3) is 0 Å². The maximum Gasteiger partial charge on any atom is 0.240 e. The van der Waals surface area contributed by atoms with Crippen molar-refractivity contribution in [2.75, 3.05) is 0 Å². The molecule has 0 fully saturated rings. The van der Waals surface area contributed by atoms with Crippen molar-refractivity contribution in [2.45, 2.75) is 11.4 Å². The summed E-state index contributed by atoms with van der Waals surface area (Å²) in [6.45, 7) is 0.266. The highest BCUT2D eigenvalue weighted by Crippen LogP contribution is 2.16. The zero-order valence-corrected chi connectivity index (χ0v) is 13.8. The first kappa shape index (κ1) is 14.7. The highest BCUT2D eigenvalue weighted by atomic mass is 79.9. The first-order valence-electron chi connectivity index (χ1n) is 5.47. The van der Waals surface area contributed by atoms with E-state index in [0.717, 1.165) is 14.5 Å². The normalized spacial score (nSPS) is 11.5. The Morgan fingerprint density at radius 1 is 0.947 bits per heavy atom. The van der Waals surface area contributed by atoms with Crippen LogP contribution < -0.4 is 4.72 Å². The van der Waals surface area contributed by atoms with E-state index >= 15 is 0 Å². The lowest BCUT2D eigenvalue weighted by atomic mass is 10.2. The van der Waals surface area contributed by atoms with Gasteiger partial charge in [-0.25, -0.2) is 13.1 Å². The van der Waals surface area contributed by atoms with Crippen LogP contribution in [0.3, 0.4) is 0 Å². The second-order valence-corrected chi connectivity index (χ2v) is 7.51. The monoisotopic (exact) mass is 403 g/mol. The quantitative estimate of drug-likeness (QED) is 0.844. The van der Waals surface area contributed by atoms with E-state index in [1.165, 1.54) is 0 Å². The Balaban J connectivity index is 2.12. The third-order valence-corrected chi connectivity index (χ3v) is 4.91. The minimum Gasteiger partial charge on any atom is -0.207 e. The smallest absolute Gasteiger partial charge is 0.207 e. The van der Waals surface area contributed by atoms with E-state index < -0.39 is 10.0 Å². The molecule has 2 aromatic rings. The summed E-state index contributed by atoms with van der Waals surface area (Å²) in [6.07, 6.45) is 0. The van der Waals surface area contributed by atoms with Crippen molar-refractivity contribution in [3.63, 3.8) is 0 Å². The number of rotatable bonds is 4. The number of sulfonamides is 1.